The average molecular weight is 214 g/mol. The van der Waals surface area contributed by atoms with Crippen LogP contribution in [-0.2, 0) is 10.1 Å². The standard InChI is InChI=1S/C6H6ClNO3S.Li/c7-5-3-4(12(9,10)11)1-2-6(5)8;/h1-3H,8H2,(H,9,10,11);/q;+1/p-1. The molecule has 0 aliphatic rings. The second-order valence-corrected chi connectivity index (χ2v) is 3.92. The Labute approximate surface area is 93.0 Å². The summed E-state index contributed by atoms with van der Waals surface area (Å²) in [5, 5.41) is 0.0620. The van der Waals surface area contributed by atoms with Crippen LogP contribution in [0.25, 0.3) is 0 Å². The Bertz CT molecular complexity index is 406. The summed E-state index contributed by atoms with van der Waals surface area (Å²) in [6.45, 7) is 0. The van der Waals surface area contributed by atoms with E-state index in [0.29, 0.717) is 0 Å². The third kappa shape index (κ3) is 3.22. The predicted octanol–water partition coefficient (Wildman–Crippen LogP) is -2.17. The van der Waals surface area contributed by atoms with Gasteiger partial charge in [-0.25, -0.2) is 8.42 Å². The molecule has 4 nitrogen and oxygen atoms in total. The van der Waals surface area contributed by atoms with Crippen molar-refractivity contribution in [3.63, 3.8) is 0 Å². The fourth-order valence-corrected chi connectivity index (χ4v) is 1.41. The van der Waals surface area contributed by atoms with Crippen LogP contribution < -0.4 is 24.6 Å². The van der Waals surface area contributed by atoms with Gasteiger partial charge >= 0.3 is 18.9 Å². The quantitative estimate of drug-likeness (QED) is 0.327. The molecule has 0 bridgehead atoms. The van der Waals surface area contributed by atoms with Crippen LogP contribution >= 0.6 is 11.6 Å². The summed E-state index contributed by atoms with van der Waals surface area (Å²) in [5.41, 5.74) is 5.54. The molecule has 0 heterocycles. The maximum absolute atomic E-state index is 10.4. The average Bonchev–Trinajstić information content (AvgIpc) is 1.92. The Balaban J connectivity index is 0.00000144. The molecule has 0 saturated carbocycles. The fourth-order valence-electron chi connectivity index (χ4n) is 0.663. The second-order valence-electron chi connectivity index (χ2n) is 2.14. The van der Waals surface area contributed by atoms with E-state index in [-0.39, 0.29) is 34.5 Å². The summed E-state index contributed by atoms with van der Waals surface area (Å²) in [4.78, 5) is -0.373. The summed E-state index contributed by atoms with van der Waals surface area (Å²) in [6.07, 6.45) is 0. The van der Waals surface area contributed by atoms with Gasteiger partial charge < -0.3 is 10.3 Å². The molecule has 2 N–H and O–H groups in total. The van der Waals surface area contributed by atoms with Crippen molar-refractivity contribution < 1.29 is 31.8 Å². The van der Waals surface area contributed by atoms with Gasteiger partial charge in [-0.1, -0.05) is 11.6 Å². The minimum Gasteiger partial charge on any atom is -0.744 e. The zero-order chi connectivity index (χ0) is 9.35. The van der Waals surface area contributed by atoms with Gasteiger partial charge in [0.1, 0.15) is 10.1 Å². The Morgan fingerprint density at radius 1 is 1.38 bits per heavy atom. The van der Waals surface area contributed by atoms with Crippen molar-refractivity contribution in [1.29, 1.82) is 0 Å². The summed E-state index contributed by atoms with van der Waals surface area (Å²) in [5.74, 6) is 0. The summed E-state index contributed by atoms with van der Waals surface area (Å²) in [7, 11) is -4.43. The van der Waals surface area contributed by atoms with Crippen molar-refractivity contribution in [3.05, 3.63) is 23.2 Å². The molecule has 0 saturated heterocycles. The normalized spacial score (nSPS) is 10.6. The molecule has 66 valence electrons. The van der Waals surface area contributed by atoms with Crippen LogP contribution in [0.15, 0.2) is 23.1 Å². The van der Waals surface area contributed by atoms with Gasteiger partial charge in [0.15, 0.2) is 0 Å². The molecule has 0 unspecified atom stereocenters. The summed E-state index contributed by atoms with van der Waals surface area (Å²) in [6, 6.07) is 3.41. The van der Waals surface area contributed by atoms with E-state index in [1.807, 2.05) is 0 Å². The van der Waals surface area contributed by atoms with Crippen LogP contribution in [0.1, 0.15) is 0 Å². The maximum Gasteiger partial charge on any atom is 1.00 e. The van der Waals surface area contributed by atoms with Gasteiger partial charge in [-0.3, -0.25) is 0 Å². The van der Waals surface area contributed by atoms with E-state index in [0.717, 1.165) is 12.1 Å². The van der Waals surface area contributed by atoms with Gasteiger partial charge in [-0.2, -0.15) is 0 Å². The van der Waals surface area contributed by atoms with Gasteiger partial charge in [0.2, 0.25) is 0 Å². The Morgan fingerprint density at radius 2 is 1.92 bits per heavy atom. The first-order valence-electron chi connectivity index (χ1n) is 2.92. The zero-order valence-electron chi connectivity index (χ0n) is 6.82. The number of nitrogens with two attached hydrogens (primary N) is 1. The number of benzene rings is 1. The summed E-state index contributed by atoms with van der Waals surface area (Å²) < 4.78 is 31.3. The molecule has 0 fully saturated rings. The van der Waals surface area contributed by atoms with E-state index in [4.69, 9.17) is 17.3 Å². The minimum atomic E-state index is -4.43. The topological polar surface area (TPSA) is 83.2 Å². The molecule has 0 amide bonds. The van der Waals surface area contributed by atoms with Crippen molar-refractivity contribution in [2.24, 2.45) is 0 Å². The van der Waals surface area contributed by atoms with Crippen LogP contribution in [-0.4, -0.2) is 13.0 Å². The third-order valence-electron chi connectivity index (χ3n) is 1.26. The molecule has 0 atom stereocenters. The first kappa shape index (κ1) is 12.8. The van der Waals surface area contributed by atoms with Crippen LogP contribution in [0.2, 0.25) is 5.02 Å². The van der Waals surface area contributed by atoms with Gasteiger partial charge in [0.05, 0.1) is 15.6 Å². The van der Waals surface area contributed by atoms with E-state index in [1.165, 1.54) is 6.07 Å². The van der Waals surface area contributed by atoms with Crippen LogP contribution in [0.5, 0.6) is 0 Å². The Hall–Kier alpha value is -0.183. The van der Waals surface area contributed by atoms with Crippen LogP contribution in [0.3, 0.4) is 0 Å². The molecular weight excluding hydrogens is 209 g/mol. The number of hydrogen-bond donors (Lipinski definition) is 1. The molecular formula is C6H5ClLiNO3S. The van der Waals surface area contributed by atoms with Crippen molar-refractivity contribution in [2.75, 3.05) is 5.73 Å². The number of halogens is 1. The summed E-state index contributed by atoms with van der Waals surface area (Å²) >= 11 is 5.49. The number of anilines is 1. The largest absolute Gasteiger partial charge is 1.00 e. The van der Waals surface area contributed by atoms with Gasteiger partial charge in [0.25, 0.3) is 0 Å². The smallest absolute Gasteiger partial charge is 0.744 e. The van der Waals surface area contributed by atoms with E-state index in [1.54, 1.807) is 0 Å². The second kappa shape index (κ2) is 4.36. The van der Waals surface area contributed by atoms with Gasteiger partial charge in [-0.05, 0) is 18.2 Å². The molecule has 1 aromatic carbocycles. The molecule has 0 aliphatic heterocycles. The predicted molar refractivity (Wildman–Crippen MR) is 43.8 cm³/mol. The zero-order valence-corrected chi connectivity index (χ0v) is 8.39. The molecule has 0 aliphatic carbocycles. The van der Waals surface area contributed by atoms with E-state index < -0.39 is 10.1 Å². The van der Waals surface area contributed by atoms with Crippen molar-refractivity contribution in [2.45, 2.75) is 4.90 Å². The van der Waals surface area contributed by atoms with Crippen LogP contribution in [0, 0.1) is 0 Å². The molecule has 13 heavy (non-hydrogen) atoms. The minimum absolute atomic E-state index is 0. The molecule has 0 aromatic heterocycles. The van der Waals surface area contributed by atoms with Crippen molar-refractivity contribution in [1.82, 2.24) is 0 Å². The van der Waals surface area contributed by atoms with E-state index in [2.05, 4.69) is 0 Å². The van der Waals surface area contributed by atoms with Crippen molar-refractivity contribution in [3.8, 4) is 0 Å². The fraction of sp³-hybridized carbons (Fsp3) is 0. The number of nitrogen functional groups attached to an aromatic ring is 1. The molecule has 7 heteroatoms. The van der Waals surface area contributed by atoms with Crippen LogP contribution in [0.4, 0.5) is 5.69 Å². The first-order valence-corrected chi connectivity index (χ1v) is 4.71. The number of rotatable bonds is 1. The Morgan fingerprint density at radius 3 is 2.31 bits per heavy atom. The molecule has 1 aromatic rings. The third-order valence-corrected chi connectivity index (χ3v) is 2.42. The van der Waals surface area contributed by atoms with Crippen molar-refractivity contribution >= 4 is 27.4 Å². The van der Waals surface area contributed by atoms with E-state index in [9.17, 15) is 13.0 Å². The van der Waals surface area contributed by atoms with Gasteiger partial charge in [0, 0.05) is 0 Å². The monoisotopic (exact) mass is 213 g/mol. The SMILES string of the molecule is Nc1ccc(S(=O)(=O)[O-])cc1Cl.[Li+]. The molecule has 0 spiro atoms. The van der Waals surface area contributed by atoms with Gasteiger partial charge in [-0.15, -0.1) is 0 Å². The Kier molecular flexibility index (Phi) is 4.29. The molecule has 1 rings (SSSR count). The van der Waals surface area contributed by atoms with E-state index >= 15 is 0 Å². The number of hydrogen-bond acceptors (Lipinski definition) is 4. The first-order chi connectivity index (χ1) is 5.41. The maximum atomic E-state index is 10.4. The molecule has 0 radical (unpaired) electrons.